The molecular formula is C25H25ClN6O2. The molecule has 0 atom stereocenters. The van der Waals surface area contributed by atoms with Gasteiger partial charge in [0.1, 0.15) is 12.4 Å². The molecule has 1 aliphatic heterocycles. The monoisotopic (exact) mass is 476 g/mol. The number of rotatable bonds is 5. The molecule has 0 N–H and O–H groups in total. The molecule has 9 heteroatoms. The molecule has 2 aromatic heterocycles. The van der Waals surface area contributed by atoms with E-state index in [9.17, 15) is 4.79 Å². The highest BCUT2D eigenvalue weighted by Crippen LogP contribution is 2.30. The average Bonchev–Trinajstić information content (AvgIpc) is 3.21. The quantitative estimate of drug-likeness (QED) is 0.435. The summed E-state index contributed by atoms with van der Waals surface area (Å²) in [6, 6.07) is 17.0. The fourth-order valence-electron chi connectivity index (χ4n) is 4.27. The molecule has 4 aromatic rings. The summed E-state index contributed by atoms with van der Waals surface area (Å²) < 4.78 is 7.20. The standard InChI is InChI=1S/C25H25ClN6O2/c1-17-22-23(30-12-14-31(15-13-30)25(33)18-8-10-19(26)11-9-18)27-21(16-34-2)28-24(22)32(29-17)20-6-4-3-5-7-20/h3-11H,12-16H2,1-2H3. The Kier molecular flexibility index (Phi) is 6.17. The molecule has 0 spiro atoms. The largest absolute Gasteiger partial charge is 0.377 e. The fourth-order valence-corrected chi connectivity index (χ4v) is 4.40. The molecule has 34 heavy (non-hydrogen) atoms. The Balaban J connectivity index is 1.46. The van der Waals surface area contributed by atoms with Crippen LogP contribution in [-0.2, 0) is 11.3 Å². The number of anilines is 1. The molecule has 5 rings (SSSR count). The number of piperazine rings is 1. The Labute approximate surface area is 202 Å². The second-order valence-electron chi connectivity index (χ2n) is 8.21. The molecule has 1 fully saturated rings. The van der Waals surface area contributed by atoms with Crippen LogP contribution in [-0.4, -0.2) is 63.8 Å². The highest BCUT2D eigenvalue weighted by molar-refractivity contribution is 6.30. The van der Waals surface area contributed by atoms with Gasteiger partial charge in [0.05, 0.1) is 16.8 Å². The van der Waals surface area contributed by atoms with Crippen LogP contribution in [0.5, 0.6) is 0 Å². The highest BCUT2D eigenvalue weighted by Gasteiger charge is 2.27. The topological polar surface area (TPSA) is 76.4 Å². The Bertz CT molecular complexity index is 1320. The van der Waals surface area contributed by atoms with Gasteiger partial charge in [-0.2, -0.15) is 5.10 Å². The van der Waals surface area contributed by atoms with Crippen molar-refractivity contribution in [2.75, 3.05) is 38.2 Å². The predicted molar refractivity (Wildman–Crippen MR) is 132 cm³/mol. The second kappa shape index (κ2) is 9.40. The van der Waals surface area contributed by atoms with Gasteiger partial charge in [0, 0.05) is 43.9 Å². The number of amides is 1. The summed E-state index contributed by atoms with van der Waals surface area (Å²) in [4.78, 5) is 26.6. The van der Waals surface area contributed by atoms with Crippen LogP contribution in [0.1, 0.15) is 21.9 Å². The Hall–Kier alpha value is -3.49. The summed E-state index contributed by atoms with van der Waals surface area (Å²) in [7, 11) is 1.63. The number of ether oxygens (including phenoxy) is 1. The van der Waals surface area contributed by atoms with Crippen molar-refractivity contribution in [2.45, 2.75) is 13.5 Å². The average molecular weight is 477 g/mol. The van der Waals surface area contributed by atoms with Crippen molar-refractivity contribution in [3.63, 3.8) is 0 Å². The number of nitrogens with zero attached hydrogens (tertiary/aromatic N) is 6. The molecule has 2 aromatic carbocycles. The van der Waals surface area contributed by atoms with E-state index >= 15 is 0 Å². The SMILES string of the molecule is COCc1nc(N2CCN(C(=O)c3ccc(Cl)cc3)CC2)c2c(C)nn(-c3ccccc3)c2n1. The summed E-state index contributed by atoms with van der Waals surface area (Å²) in [5.74, 6) is 1.44. The van der Waals surface area contributed by atoms with E-state index in [-0.39, 0.29) is 5.91 Å². The van der Waals surface area contributed by atoms with Gasteiger partial charge in [-0.1, -0.05) is 29.8 Å². The first-order valence-electron chi connectivity index (χ1n) is 11.2. The van der Waals surface area contributed by atoms with Gasteiger partial charge in [-0.3, -0.25) is 4.79 Å². The van der Waals surface area contributed by atoms with Crippen molar-refractivity contribution in [3.05, 3.63) is 76.7 Å². The maximum absolute atomic E-state index is 12.9. The molecule has 8 nitrogen and oxygen atoms in total. The first-order chi connectivity index (χ1) is 16.5. The third-order valence-corrected chi connectivity index (χ3v) is 6.21. The number of hydrogen-bond acceptors (Lipinski definition) is 6. The van der Waals surface area contributed by atoms with E-state index in [1.165, 1.54) is 0 Å². The van der Waals surface area contributed by atoms with Crippen LogP contribution in [0.15, 0.2) is 54.6 Å². The van der Waals surface area contributed by atoms with Crippen molar-refractivity contribution in [1.29, 1.82) is 0 Å². The molecule has 0 unspecified atom stereocenters. The minimum atomic E-state index is 0.0114. The van der Waals surface area contributed by atoms with Gasteiger partial charge in [-0.15, -0.1) is 0 Å². The smallest absolute Gasteiger partial charge is 0.253 e. The predicted octanol–water partition coefficient (Wildman–Crippen LogP) is 3.89. The van der Waals surface area contributed by atoms with Crippen molar-refractivity contribution < 1.29 is 9.53 Å². The number of carbonyl (C=O) groups is 1. The van der Waals surface area contributed by atoms with E-state index in [0.29, 0.717) is 49.2 Å². The van der Waals surface area contributed by atoms with Gasteiger partial charge in [-0.05, 0) is 43.3 Å². The number of aryl methyl sites for hydroxylation is 1. The molecule has 0 bridgehead atoms. The van der Waals surface area contributed by atoms with E-state index in [0.717, 1.165) is 28.2 Å². The number of halogens is 1. The van der Waals surface area contributed by atoms with Crippen LogP contribution in [0.2, 0.25) is 5.02 Å². The lowest BCUT2D eigenvalue weighted by Crippen LogP contribution is -2.49. The third kappa shape index (κ3) is 4.22. The van der Waals surface area contributed by atoms with Crippen LogP contribution in [0.4, 0.5) is 5.82 Å². The van der Waals surface area contributed by atoms with Crippen LogP contribution >= 0.6 is 11.6 Å². The van der Waals surface area contributed by atoms with Gasteiger partial charge in [0.25, 0.3) is 5.91 Å². The molecule has 3 heterocycles. The van der Waals surface area contributed by atoms with Gasteiger partial charge in [0.15, 0.2) is 11.5 Å². The van der Waals surface area contributed by atoms with Crippen LogP contribution < -0.4 is 4.90 Å². The van der Waals surface area contributed by atoms with Crippen molar-refractivity contribution >= 4 is 34.4 Å². The number of hydrogen-bond donors (Lipinski definition) is 0. The normalized spacial score (nSPS) is 14.1. The fraction of sp³-hybridized carbons (Fsp3) is 0.280. The van der Waals surface area contributed by atoms with Crippen molar-refractivity contribution in [2.24, 2.45) is 0 Å². The molecule has 0 saturated carbocycles. The highest BCUT2D eigenvalue weighted by atomic mass is 35.5. The lowest BCUT2D eigenvalue weighted by atomic mass is 10.1. The molecule has 1 aliphatic rings. The zero-order chi connectivity index (χ0) is 23.7. The van der Waals surface area contributed by atoms with Crippen LogP contribution in [0.3, 0.4) is 0 Å². The Morgan fingerprint density at radius 2 is 1.71 bits per heavy atom. The lowest BCUT2D eigenvalue weighted by molar-refractivity contribution is 0.0746. The minimum Gasteiger partial charge on any atom is -0.377 e. The number of fused-ring (bicyclic) bond motifs is 1. The summed E-state index contributed by atoms with van der Waals surface area (Å²) >= 11 is 5.97. The molecule has 174 valence electrons. The van der Waals surface area contributed by atoms with Crippen molar-refractivity contribution in [3.8, 4) is 5.69 Å². The lowest BCUT2D eigenvalue weighted by Gasteiger charge is -2.35. The molecule has 1 saturated heterocycles. The van der Waals surface area contributed by atoms with Crippen LogP contribution in [0, 0.1) is 6.92 Å². The maximum atomic E-state index is 12.9. The summed E-state index contributed by atoms with van der Waals surface area (Å²) in [6.07, 6.45) is 0. The molecular weight excluding hydrogens is 452 g/mol. The summed E-state index contributed by atoms with van der Waals surface area (Å²) in [5.41, 5.74) is 3.19. The van der Waals surface area contributed by atoms with E-state index in [4.69, 9.17) is 31.4 Å². The van der Waals surface area contributed by atoms with E-state index in [1.807, 2.05) is 46.8 Å². The third-order valence-electron chi connectivity index (χ3n) is 5.96. The van der Waals surface area contributed by atoms with E-state index < -0.39 is 0 Å². The van der Waals surface area contributed by atoms with Gasteiger partial charge in [0.2, 0.25) is 0 Å². The van der Waals surface area contributed by atoms with Gasteiger partial charge >= 0.3 is 0 Å². The Morgan fingerprint density at radius 1 is 1.00 bits per heavy atom. The van der Waals surface area contributed by atoms with Crippen molar-refractivity contribution in [1.82, 2.24) is 24.6 Å². The number of para-hydroxylation sites is 1. The number of aromatic nitrogens is 4. The second-order valence-corrected chi connectivity index (χ2v) is 8.65. The molecule has 0 aliphatic carbocycles. The van der Waals surface area contributed by atoms with Gasteiger partial charge in [-0.25, -0.2) is 14.6 Å². The first kappa shape index (κ1) is 22.3. The number of methoxy groups -OCH3 is 1. The summed E-state index contributed by atoms with van der Waals surface area (Å²) in [6.45, 7) is 4.79. The molecule has 1 amide bonds. The molecule has 0 radical (unpaired) electrons. The summed E-state index contributed by atoms with van der Waals surface area (Å²) in [5, 5.41) is 6.31. The first-order valence-corrected chi connectivity index (χ1v) is 11.5. The zero-order valence-electron chi connectivity index (χ0n) is 19.1. The van der Waals surface area contributed by atoms with E-state index in [2.05, 4.69) is 4.90 Å². The minimum absolute atomic E-state index is 0.0114. The van der Waals surface area contributed by atoms with E-state index in [1.54, 1.807) is 31.4 Å². The number of benzene rings is 2. The Morgan fingerprint density at radius 3 is 2.38 bits per heavy atom. The maximum Gasteiger partial charge on any atom is 0.253 e. The zero-order valence-corrected chi connectivity index (χ0v) is 19.9. The van der Waals surface area contributed by atoms with Crippen LogP contribution in [0.25, 0.3) is 16.7 Å². The van der Waals surface area contributed by atoms with Gasteiger partial charge < -0.3 is 14.5 Å². The number of carbonyl (C=O) groups excluding carboxylic acids is 1.